The van der Waals surface area contributed by atoms with Gasteiger partial charge in [0.1, 0.15) is 11.9 Å². The van der Waals surface area contributed by atoms with Gasteiger partial charge in [0.25, 0.3) is 0 Å². The molecule has 4 rings (SSSR count). The molecule has 2 aliphatic carbocycles. The van der Waals surface area contributed by atoms with Crippen molar-refractivity contribution in [2.75, 3.05) is 13.1 Å². The number of hydrazone groups is 1. The third kappa shape index (κ3) is 4.52. The van der Waals surface area contributed by atoms with E-state index >= 15 is 0 Å². The largest absolute Gasteiger partial charge is 0.490 e. The number of rotatable bonds is 7. The monoisotopic (exact) mass is 369 g/mol. The van der Waals surface area contributed by atoms with Gasteiger partial charge in [0.15, 0.2) is 0 Å². The zero-order valence-corrected chi connectivity index (χ0v) is 16.3. The van der Waals surface area contributed by atoms with Crippen LogP contribution in [0.25, 0.3) is 0 Å². The number of benzene rings is 1. The second-order valence-corrected chi connectivity index (χ2v) is 8.38. The summed E-state index contributed by atoms with van der Waals surface area (Å²) in [5, 5.41) is 4.27. The minimum Gasteiger partial charge on any atom is -0.490 e. The van der Waals surface area contributed by atoms with E-state index in [0.717, 1.165) is 42.3 Å². The minimum absolute atomic E-state index is 0.321. The fourth-order valence-electron chi connectivity index (χ4n) is 4.69. The Kier molecular flexibility index (Phi) is 5.77. The first-order valence-corrected chi connectivity index (χ1v) is 10.5. The molecule has 2 atom stereocenters. The van der Waals surface area contributed by atoms with Crippen LogP contribution in [0.15, 0.2) is 29.4 Å². The smallest absolute Gasteiger partial charge is 0.227 e. The lowest BCUT2D eigenvalue weighted by atomic mass is 10.0. The van der Waals surface area contributed by atoms with E-state index in [9.17, 15) is 4.79 Å². The topological polar surface area (TPSA) is 53.9 Å². The number of carbonyl (C=O) groups excluding carboxylic acids is 1. The molecule has 2 unspecified atom stereocenters. The summed E-state index contributed by atoms with van der Waals surface area (Å²) in [4.78, 5) is 13.3. The van der Waals surface area contributed by atoms with Crippen LogP contribution in [0.5, 0.6) is 5.75 Å². The summed E-state index contributed by atoms with van der Waals surface area (Å²) in [7, 11) is 0. The maximum Gasteiger partial charge on any atom is 0.227 e. The Morgan fingerprint density at radius 2 is 1.81 bits per heavy atom. The van der Waals surface area contributed by atoms with Gasteiger partial charge in [0, 0.05) is 25.0 Å². The van der Waals surface area contributed by atoms with Gasteiger partial charge >= 0.3 is 0 Å². The SMILES string of the molecule is CC1CC1/C(=N\NC=O)c1ccc(OC2CCN(C3CCCC3)CC2)cc1. The number of nitrogens with zero attached hydrogens (tertiary/aromatic N) is 2. The van der Waals surface area contributed by atoms with Crippen LogP contribution < -0.4 is 10.2 Å². The van der Waals surface area contributed by atoms with Crippen LogP contribution in [-0.4, -0.2) is 42.3 Å². The van der Waals surface area contributed by atoms with Gasteiger partial charge in [-0.1, -0.05) is 19.8 Å². The number of piperidine rings is 1. The molecule has 1 heterocycles. The molecular weight excluding hydrogens is 338 g/mol. The Morgan fingerprint density at radius 3 is 2.41 bits per heavy atom. The van der Waals surface area contributed by atoms with Gasteiger partial charge in [-0.3, -0.25) is 4.79 Å². The number of amides is 1. The van der Waals surface area contributed by atoms with Gasteiger partial charge in [-0.2, -0.15) is 5.10 Å². The first kappa shape index (κ1) is 18.5. The summed E-state index contributed by atoms with van der Waals surface area (Å²) < 4.78 is 6.24. The van der Waals surface area contributed by atoms with E-state index in [2.05, 4.69) is 34.5 Å². The molecule has 5 heteroatoms. The molecule has 2 saturated carbocycles. The van der Waals surface area contributed by atoms with Gasteiger partial charge in [0.05, 0.1) is 5.71 Å². The van der Waals surface area contributed by atoms with Gasteiger partial charge in [-0.15, -0.1) is 0 Å². The minimum atomic E-state index is 0.321. The van der Waals surface area contributed by atoms with Crippen molar-refractivity contribution in [3.05, 3.63) is 29.8 Å². The summed E-state index contributed by atoms with van der Waals surface area (Å²) in [5.41, 5.74) is 4.52. The van der Waals surface area contributed by atoms with Gasteiger partial charge in [-0.05, 0) is 67.9 Å². The molecule has 27 heavy (non-hydrogen) atoms. The lowest BCUT2D eigenvalue weighted by Gasteiger charge is -2.36. The molecule has 1 amide bonds. The predicted octanol–water partition coefficient (Wildman–Crippen LogP) is 3.58. The molecule has 0 aromatic heterocycles. The maximum absolute atomic E-state index is 10.6. The highest BCUT2D eigenvalue weighted by molar-refractivity contribution is 6.04. The van der Waals surface area contributed by atoms with Crippen LogP contribution in [-0.2, 0) is 4.79 Å². The fourth-order valence-corrected chi connectivity index (χ4v) is 4.69. The van der Waals surface area contributed by atoms with Crippen molar-refractivity contribution >= 4 is 12.1 Å². The van der Waals surface area contributed by atoms with Crippen molar-refractivity contribution in [1.29, 1.82) is 0 Å². The zero-order chi connectivity index (χ0) is 18.6. The summed E-state index contributed by atoms with van der Waals surface area (Å²) in [6.07, 6.45) is 9.90. The zero-order valence-electron chi connectivity index (χ0n) is 16.3. The number of nitrogens with one attached hydrogen (secondary N) is 1. The van der Waals surface area contributed by atoms with Crippen LogP contribution >= 0.6 is 0 Å². The van der Waals surface area contributed by atoms with Crippen molar-refractivity contribution in [3.8, 4) is 5.75 Å². The van der Waals surface area contributed by atoms with Crippen LogP contribution in [0, 0.1) is 11.8 Å². The number of carbonyl (C=O) groups is 1. The Labute approximate surface area is 162 Å². The van der Waals surface area contributed by atoms with Crippen molar-refractivity contribution in [1.82, 2.24) is 10.3 Å². The Morgan fingerprint density at radius 1 is 1.15 bits per heavy atom. The van der Waals surface area contributed by atoms with Crippen LogP contribution in [0.3, 0.4) is 0 Å². The first-order valence-electron chi connectivity index (χ1n) is 10.5. The Balaban J connectivity index is 1.32. The van der Waals surface area contributed by atoms with E-state index in [1.807, 2.05) is 12.1 Å². The molecule has 146 valence electrons. The average molecular weight is 370 g/mol. The van der Waals surface area contributed by atoms with Gasteiger partial charge in [-0.25, -0.2) is 5.43 Å². The highest BCUT2D eigenvalue weighted by Crippen LogP contribution is 2.41. The number of hydrogen-bond donors (Lipinski definition) is 1. The molecule has 1 aromatic carbocycles. The molecule has 0 spiro atoms. The van der Waals surface area contributed by atoms with E-state index in [1.165, 1.54) is 38.8 Å². The van der Waals surface area contributed by atoms with E-state index in [-0.39, 0.29) is 0 Å². The highest BCUT2D eigenvalue weighted by atomic mass is 16.5. The van der Waals surface area contributed by atoms with Crippen molar-refractivity contribution in [2.24, 2.45) is 16.9 Å². The summed E-state index contributed by atoms with van der Waals surface area (Å²) >= 11 is 0. The van der Waals surface area contributed by atoms with Crippen molar-refractivity contribution in [3.63, 3.8) is 0 Å². The molecule has 0 bridgehead atoms. The lowest BCUT2D eigenvalue weighted by Crippen LogP contribution is -2.43. The third-order valence-electron chi connectivity index (χ3n) is 6.47. The highest BCUT2D eigenvalue weighted by Gasteiger charge is 2.38. The molecule has 3 aliphatic rings. The second kappa shape index (κ2) is 8.42. The lowest BCUT2D eigenvalue weighted by molar-refractivity contribution is -0.109. The number of likely N-dealkylation sites (tertiary alicyclic amines) is 1. The molecule has 5 nitrogen and oxygen atoms in total. The van der Waals surface area contributed by atoms with Gasteiger partial charge < -0.3 is 9.64 Å². The summed E-state index contributed by atoms with van der Waals surface area (Å²) in [6, 6.07) is 9.05. The summed E-state index contributed by atoms with van der Waals surface area (Å²) in [5.74, 6) is 2.02. The van der Waals surface area contributed by atoms with E-state index < -0.39 is 0 Å². The normalized spacial score (nSPS) is 27.5. The van der Waals surface area contributed by atoms with E-state index in [4.69, 9.17) is 4.74 Å². The van der Waals surface area contributed by atoms with E-state index in [0.29, 0.717) is 24.3 Å². The fraction of sp³-hybridized carbons (Fsp3) is 0.636. The van der Waals surface area contributed by atoms with Crippen LogP contribution in [0.4, 0.5) is 0 Å². The molecule has 3 fully saturated rings. The molecule has 1 aromatic rings. The van der Waals surface area contributed by atoms with Crippen molar-refractivity contribution < 1.29 is 9.53 Å². The molecule has 1 N–H and O–H groups in total. The van der Waals surface area contributed by atoms with Gasteiger partial charge in [0.2, 0.25) is 6.41 Å². The number of ether oxygens (including phenoxy) is 1. The number of hydrogen-bond acceptors (Lipinski definition) is 4. The molecule has 0 radical (unpaired) electrons. The van der Waals surface area contributed by atoms with E-state index in [1.54, 1.807) is 0 Å². The average Bonchev–Trinajstić information content (AvgIpc) is 3.18. The second-order valence-electron chi connectivity index (χ2n) is 8.38. The molecule has 1 aliphatic heterocycles. The third-order valence-corrected chi connectivity index (χ3v) is 6.47. The maximum atomic E-state index is 10.6. The standard InChI is InChI=1S/C22H31N3O2/c1-16-14-21(16)22(24-23-15-26)17-6-8-19(9-7-17)27-20-10-12-25(13-11-20)18-4-2-3-5-18/h6-9,15-16,18,20-21H,2-5,10-14H2,1H3,(H,23,26)/b24-22-. The van der Waals surface area contributed by atoms with Crippen LogP contribution in [0.1, 0.15) is 57.4 Å². The first-order chi connectivity index (χ1) is 13.2. The Bertz CT molecular complexity index is 659. The van der Waals surface area contributed by atoms with Crippen LogP contribution in [0.2, 0.25) is 0 Å². The van der Waals surface area contributed by atoms with Crippen molar-refractivity contribution in [2.45, 2.75) is 64.0 Å². The molecular formula is C22H31N3O2. The predicted molar refractivity (Wildman–Crippen MR) is 107 cm³/mol. The molecule has 1 saturated heterocycles. The summed E-state index contributed by atoms with van der Waals surface area (Å²) in [6.45, 7) is 4.55. The quantitative estimate of drug-likeness (QED) is 0.454. The Hall–Kier alpha value is -1.88.